The van der Waals surface area contributed by atoms with Crippen LogP contribution in [0, 0.1) is 6.92 Å². The largest absolute Gasteiger partial charge is 0.335 e. The number of aromatic nitrogens is 3. The molecule has 1 aromatic heterocycles. The Morgan fingerprint density at radius 1 is 1.44 bits per heavy atom. The van der Waals surface area contributed by atoms with Crippen molar-refractivity contribution in [3.05, 3.63) is 46.5 Å². The quantitative estimate of drug-likeness (QED) is 0.923. The van der Waals surface area contributed by atoms with Gasteiger partial charge < -0.3 is 4.90 Å². The lowest BCUT2D eigenvalue weighted by molar-refractivity contribution is 0.0773. The van der Waals surface area contributed by atoms with Crippen LogP contribution in [0.4, 0.5) is 0 Å². The number of aromatic amines is 1. The molecular weight excluding hydrogens is 252 g/mol. The van der Waals surface area contributed by atoms with E-state index in [1.54, 1.807) is 20.0 Å². The first-order chi connectivity index (χ1) is 8.58. The molecule has 0 radical (unpaired) electrons. The van der Waals surface area contributed by atoms with E-state index in [2.05, 4.69) is 15.2 Å². The standard InChI is InChI=1S/C12H13ClN4O/c1-8-14-11(16-15-8)12(18)17(2)7-9-5-3-4-6-10(9)13/h3-6H,7H2,1-2H3,(H,14,15,16). The number of hydrogen-bond donors (Lipinski definition) is 1. The van der Waals surface area contributed by atoms with Gasteiger partial charge in [-0.25, -0.2) is 4.98 Å². The van der Waals surface area contributed by atoms with E-state index >= 15 is 0 Å². The van der Waals surface area contributed by atoms with Crippen LogP contribution in [0.2, 0.25) is 5.02 Å². The number of rotatable bonds is 3. The van der Waals surface area contributed by atoms with Crippen LogP contribution in [-0.2, 0) is 6.54 Å². The summed E-state index contributed by atoms with van der Waals surface area (Å²) in [7, 11) is 1.69. The van der Waals surface area contributed by atoms with Crippen LogP contribution in [0.3, 0.4) is 0 Å². The molecule has 0 atom stereocenters. The number of H-pyrrole nitrogens is 1. The van der Waals surface area contributed by atoms with Gasteiger partial charge in [-0.2, -0.15) is 0 Å². The molecule has 0 saturated heterocycles. The highest BCUT2D eigenvalue weighted by molar-refractivity contribution is 6.31. The third-order valence-corrected chi connectivity index (χ3v) is 2.87. The number of amides is 1. The molecule has 0 aliphatic heterocycles. The minimum atomic E-state index is -0.237. The number of aryl methyl sites for hydroxylation is 1. The smallest absolute Gasteiger partial charge is 0.293 e. The Morgan fingerprint density at radius 3 is 2.78 bits per heavy atom. The van der Waals surface area contributed by atoms with Gasteiger partial charge in [0.1, 0.15) is 5.82 Å². The number of hydrogen-bond acceptors (Lipinski definition) is 3. The Labute approximate surface area is 110 Å². The Bertz CT molecular complexity index is 567. The first kappa shape index (κ1) is 12.6. The summed E-state index contributed by atoms with van der Waals surface area (Å²) in [6.45, 7) is 2.17. The van der Waals surface area contributed by atoms with E-state index in [-0.39, 0.29) is 11.7 Å². The zero-order valence-corrected chi connectivity index (χ0v) is 10.9. The molecule has 5 nitrogen and oxygen atoms in total. The highest BCUT2D eigenvalue weighted by atomic mass is 35.5. The molecule has 1 amide bonds. The van der Waals surface area contributed by atoms with E-state index in [0.717, 1.165) is 5.56 Å². The highest BCUT2D eigenvalue weighted by Crippen LogP contribution is 2.16. The van der Waals surface area contributed by atoms with Crippen molar-refractivity contribution in [2.75, 3.05) is 7.05 Å². The van der Waals surface area contributed by atoms with Crippen molar-refractivity contribution in [1.82, 2.24) is 20.1 Å². The van der Waals surface area contributed by atoms with Gasteiger partial charge in [-0.1, -0.05) is 29.8 Å². The zero-order valence-electron chi connectivity index (χ0n) is 10.1. The number of carbonyl (C=O) groups excluding carboxylic acids is 1. The maximum atomic E-state index is 12.0. The monoisotopic (exact) mass is 264 g/mol. The predicted molar refractivity (Wildman–Crippen MR) is 68.4 cm³/mol. The number of nitrogens with one attached hydrogen (secondary N) is 1. The van der Waals surface area contributed by atoms with Gasteiger partial charge in [0.2, 0.25) is 5.82 Å². The number of carbonyl (C=O) groups is 1. The molecule has 0 fully saturated rings. The van der Waals surface area contributed by atoms with Crippen LogP contribution < -0.4 is 0 Å². The van der Waals surface area contributed by atoms with Crippen molar-refractivity contribution >= 4 is 17.5 Å². The SMILES string of the molecule is Cc1nc(C(=O)N(C)Cc2ccccc2Cl)n[nH]1. The van der Waals surface area contributed by atoms with E-state index < -0.39 is 0 Å². The summed E-state index contributed by atoms with van der Waals surface area (Å²) in [4.78, 5) is 17.5. The van der Waals surface area contributed by atoms with Crippen molar-refractivity contribution in [1.29, 1.82) is 0 Å². The second kappa shape index (κ2) is 5.18. The van der Waals surface area contributed by atoms with Gasteiger partial charge in [-0.05, 0) is 18.6 Å². The van der Waals surface area contributed by atoms with Crippen LogP contribution in [0.1, 0.15) is 22.0 Å². The van der Waals surface area contributed by atoms with Crippen molar-refractivity contribution < 1.29 is 4.79 Å². The molecular formula is C12H13ClN4O. The minimum absolute atomic E-state index is 0.169. The molecule has 18 heavy (non-hydrogen) atoms. The van der Waals surface area contributed by atoms with E-state index in [4.69, 9.17) is 11.6 Å². The van der Waals surface area contributed by atoms with Gasteiger partial charge in [0.05, 0.1) is 0 Å². The summed E-state index contributed by atoms with van der Waals surface area (Å²) >= 11 is 6.05. The molecule has 1 aromatic carbocycles. The van der Waals surface area contributed by atoms with Crippen molar-refractivity contribution in [2.24, 2.45) is 0 Å². The lowest BCUT2D eigenvalue weighted by Gasteiger charge is -2.16. The van der Waals surface area contributed by atoms with Crippen LogP contribution in [0.5, 0.6) is 0 Å². The van der Waals surface area contributed by atoms with Gasteiger partial charge in [-0.3, -0.25) is 9.89 Å². The van der Waals surface area contributed by atoms with Crippen LogP contribution in [0.25, 0.3) is 0 Å². The molecule has 6 heteroatoms. The third-order valence-electron chi connectivity index (χ3n) is 2.50. The molecule has 0 aliphatic carbocycles. The molecule has 2 rings (SSSR count). The van der Waals surface area contributed by atoms with Gasteiger partial charge >= 0.3 is 0 Å². The lowest BCUT2D eigenvalue weighted by atomic mass is 10.2. The first-order valence-electron chi connectivity index (χ1n) is 5.46. The maximum Gasteiger partial charge on any atom is 0.293 e. The normalized spacial score (nSPS) is 10.4. The molecule has 0 saturated carbocycles. The zero-order chi connectivity index (χ0) is 13.1. The number of nitrogens with zero attached hydrogens (tertiary/aromatic N) is 3. The van der Waals surface area contributed by atoms with Gasteiger partial charge in [0.25, 0.3) is 5.91 Å². The van der Waals surface area contributed by atoms with Crippen molar-refractivity contribution in [3.8, 4) is 0 Å². The van der Waals surface area contributed by atoms with Gasteiger partial charge in [0, 0.05) is 18.6 Å². The summed E-state index contributed by atoms with van der Waals surface area (Å²) in [5.74, 6) is 0.547. The molecule has 0 aliphatic rings. The number of halogens is 1. The van der Waals surface area contributed by atoms with Crippen LogP contribution in [0.15, 0.2) is 24.3 Å². The van der Waals surface area contributed by atoms with Crippen LogP contribution in [-0.4, -0.2) is 33.0 Å². The second-order valence-electron chi connectivity index (χ2n) is 4.00. The Balaban J connectivity index is 2.11. The molecule has 94 valence electrons. The average Bonchev–Trinajstić information content (AvgIpc) is 2.78. The fraction of sp³-hybridized carbons (Fsp3) is 0.250. The second-order valence-corrected chi connectivity index (χ2v) is 4.40. The Morgan fingerprint density at radius 2 is 2.17 bits per heavy atom. The molecule has 1 heterocycles. The summed E-state index contributed by atoms with van der Waals surface area (Å²) in [6, 6.07) is 7.42. The summed E-state index contributed by atoms with van der Waals surface area (Å²) in [5.41, 5.74) is 0.891. The summed E-state index contributed by atoms with van der Waals surface area (Å²) in [6.07, 6.45) is 0. The summed E-state index contributed by atoms with van der Waals surface area (Å²) < 4.78 is 0. The van der Waals surface area contributed by atoms with E-state index in [1.165, 1.54) is 4.90 Å². The van der Waals surface area contributed by atoms with E-state index in [0.29, 0.717) is 17.4 Å². The van der Waals surface area contributed by atoms with Crippen molar-refractivity contribution in [2.45, 2.75) is 13.5 Å². The maximum absolute atomic E-state index is 12.0. The minimum Gasteiger partial charge on any atom is -0.335 e. The first-order valence-corrected chi connectivity index (χ1v) is 5.83. The predicted octanol–water partition coefficient (Wildman–Crippen LogP) is 2.04. The Kier molecular flexibility index (Phi) is 3.62. The average molecular weight is 265 g/mol. The van der Waals surface area contributed by atoms with Gasteiger partial charge in [-0.15, -0.1) is 5.10 Å². The van der Waals surface area contributed by atoms with Crippen LogP contribution >= 0.6 is 11.6 Å². The highest BCUT2D eigenvalue weighted by Gasteiger charge is 2.17. The van der Waals surface area contributed by atoms with Crippen molar-refractivity contribution in [3.63, 3.8) is 0 Å². The topological polar surface area (TPSA) is 61.9 Å². The Hall–Kier alpha value is -1.88. The molecule has 0 unspecified atom stereocenters. The molecule has 0 spiro atoms. The molecule has 0 bridgehead atoms. The van der Waals surface area contributed by atoms with Gasteiger partial charge in [0.15, 0.2) is 0 Å². The molecule has 2 aromatic rings. The lowest BCUT2D eigenvalue weighted by Crippen LogP contribution is -2.27. The fourth-order valence-corrected chi connectivity index (χ4v) is 1.76. The molecule has 1 N–H and O–H groups in total. The number of benzene rings is 1. The fourth-order valence-electron chi connectivity index (χ4n) is 1.56. The van der Waals surface area contributed by atoms with E-state index in [1.807, 2.05) is 18.2 Å². The third kappa shape index (κ3) is 2.68. The summed E-state index contributed by atoms with van der Waals surface area (Å²) in [5, 5.41) is 7.13. The van der Waals surface area contributed by atoms with E-state index in [9.17, 15) is 4.79 Å².